The van der Waals surface area contributed by atoms with E-state index in [1.807, 2.05) is 0 Å². The Labute approximate surface area is 96.6 Å². The number of oxazole rings is 1. The summed E-state index contributed by atoms with van der Waals surface area (Å²) < 4.78 is 18.7. The SMILES string of the molecule is Fc1cc2oc(C3CCCN3)nc2cc1Cl. The van der Waals surface area contributed by atoms with E-state index in [-0.39, 0.29) is 11.1 Å². The van der Waals surface area contributed by atoms with Crippen LogP contribution in [0.2, 0.25) is 5.02 Å². The fourth-order valence-electron chi connectivity index (χ4n) is 1.99. The lowest BCUT2D eigenvalue weighted by molar-refractivity contribution is 0.451. The van der Waals surface area contributed by atoms with Crippen LogP contribution in [0.1, 0.15) is 24.8 Å². The van der Waals surface area contributed by atoms with Gasteiger partial charge in [0.2, 0.25) is 5.89 Å². The fourth-order valence-corrected chi connectivity index (χ4v) is 2.14. The summed E-state index contributed by atoms with van der Waals surface area (Å²) in [6.07, 6.45) is 2.11. The van der Waals surface area contributed by atoms with Gasteiger partial charge in [0.25, 0.3) is 0 Å². The lowest BCUT2D eigenvalue weighted by Crippen LogP contribution is -2.12. The molecular formula is C11H10ClFN2O. The monoisotopic (exact) mass is 240 g/mol. The minimum Gasteiger partial charge on any atom is -0.439 e. The molecule has 0 aliphatic carbocycles. The number of rotatable bonds is 1. The molecule has 1 aromatic carbocycles. The molecule has 1 unspecified atom stereocenters. The molecule has 2 heterocycles. The molecule has 16 heavy (non-hydrogen) atoms. The Morgan fingerprint density at radius 1 is 1.50 bits per heavy atom. The van der Waals surface area contributed by atoms with Crippen molar-refractivity contribution in [2.24, 2.45) is 0 Å². The average Bonchev–Trinajstić information content (AvgIpc) is 2.86. The van der Waals surface area contributed by atoms with Gasteiger partial charge in [0.15, 0.2) is 5.58 Å². The zero-order valence-electron chi connectivity index (χ0n) is 8.46. The van der Waals surface area contributed by atoms with E-state index in [9.17, 15) is 4.39 Å². The third-order valence-corrected chi connectivity index (χ3v) is 3.10. The van der Waals surface area contributed by atoms with E-state index in [1.165, 1.54) is 12.1 Å². The Morgan fingerprint density at radius 3 is 3.12 bits per heavy atom. The largest absolute Gasteiger partial charge is 0.439 e. The molecule has 84 valence electrons. The first-order chi connectivity index (χ1) is 7.74. The molecule has 5 heteroatoms. The van der Waals surface area contributed by atoms with Crippen molar-refractivity contribution in [1.29, 1.82) is 0 Å². The first-order valence-electron chi connectivity index (χ1n) is 5.23. The van der Waals surface area contributed by atoms with E-state index in [4.69, 9.17) is 16.0 Å². The molecular weight excluding hydrogens is 231 g/mol. The van der Waals surface area contributed by atoms with Gasteiger partial charge in [0.1, 0.15) is 11.3 Å². The maximum Gasteiger partial charge on any atom is 0.212 e. The van der Waals surface area contributed by atoms with Gasteiger partial charge in [0, 0.05) is 6.07 Å². The summed E-state index contributed by atoms with van der Waals surface area (Å²) in [4.78, 5) is 4.32. The summed E-state index contributed by atoms with van der Waals surface area (Å²) in [6.45, 7) is 0.971. The number of nitrogens with one attached hydrogen (secondary N) is 1. The van der Waals surface area contributed by atoms with Crippen molar-refractivity contribution in [2.75, 3.05) is 6.54 Å². The minimum atomic E-state index is -0.476. The van der Waals surface area contributed by atoms with E-state index < -0.39 is 5.82 Å². The number of hydrogen-bond acceptors (Lipinski definition) is 3. The van der Waals surface area contributed by atoms with E-state index in [0.717, 1.165) is 19.4 Å². The molecule has 3 rings (SSSR count). The zero-order chi connectivity index (χ0) is 11.1. The first-order valence-corrected chi connectivity index (χ1v) is 5.61. The number of fused-ring (bicyclic) bond motifs is 1. The van der Waals surface area contributed by atoms with Crippen LogP contribution in [0.3, 0.4) is 0 Å². The van der Waals surface area contributed by atoms with Gasteiger partial charge in [-0.05, 0) is 25.5 Å². The van der Waals surface area contributed by atoms with Crippen molar-refractivity contribution in [3.63, 3.8) is 0 Å². The standard InChI is InChI=1S/C11H10ClFN2O/c12-6-4-9-10(5-7(6)13)16-11(15-9)8-2-1-3-14-8/h4-5,8,14H,1-3H2. The molecule has 1 aliphatic rings. The maximum atomic E-state index is 13.2. The fraction of sp³-hybridized carbons (Fsp3) is 0.364. The van der Waals surface area contributed by atoms with Gasteiger partial charge < -0.3 is 9.73 Å². The smallest absolute Gasteiger partial charge is 0.212 e. The van der Waals surface area contributed by atoms with Crippen molar-refractivity contribution >= 4 is 22.7 Å². The summed E-state index contributed by atoms with van der Waals surface area (Å²) in [5, 5.41) is 3.36. The number of hydrogen-bond donors (Lipinski definition) is 1. The van der Waals surface area contributed by atoms with Crippen LogP contribution in [0.15, 0.2) is 16.5 Å². The van der Waals surface area contributed by atoms with E-state index in [0.29, 0.717) is 17.0 Å². The van der Waals surface area contributed by atoms with Crippen LogP contribution in [0.5, 0.6) is 0 Å². The minimum absolute atomic E-state index is 0.0757. The molecule has 1 aromatic heterocycles. The van der Waals surface area contributed by atoms with Crippen LogP contribution < -0.4 is 5.32 Å². The second kappa shape index (κ2) is 3.71. The lowest BCUT2D eigenvalue weighted by Gasteiger charge is -2.02. The van der Waals surface area contributed by atoms with Crippen molar-refractivity contribution in [3.8, 4) is 0 Å². The molecule has 0 spiro atoms. The van der Waals surface area contributed by atoms with Gasteiger partial charge in [-0.2, -0.15) is 0 Å². The molecule has 1 atom stereocenters. The molecule has 2 aromatic rings. The Balaban J connectivity index is 2.08. The van der Waals surface area contributed by atoms with Crippen LogP contribution in [0, 0.1) is 5.82 Å². The zero-order valence-corrected chi connectivity index (χ0v) is 9.22. The van der Waals surface area contributed by atoms with Crippen LogP contribution in [0.4, 0.5) is 4.39 Å². The third kappa shape index (κ3) is 1.58. The predicted octanol–water partition coefficient (Wildman–Crippen LogP) is 3.04. The van der Waals surface area contributed by atoms with Crippen LogP contribution >= 0.6 is 11.6 Å². The van der Waals surface area contributed by atoms with Gasteiger partial charge in [0.05, 0.1) is 11.1 Å². The van der Waals surface area contributed by atoms with Gasteiger partial charge in [-0.1, -0.05) is 11.6 Å². The summed E-state index contributed by atoms with van der Waals surface area (Å²) in [7, 11) is 0. The van der Waals surface area contributed by atoms with Crippen LogP contribution in [-0.2, 0) is 0 Å². The summed E-state index contributed by atoms with van der Waals surface area (Å²) in [5.41, 5.74) is 1.06. The van der Waals surface area contributed by atoms with Crippen LogP contribution in [0.25, 0.3) is 11.1 Å². The lowest BCUT2D eigenvalue weighted by atomic mass is 10.2. The highest BCUT2D eigenvalue weighted by Crippen LogP contribution is 2.28. The Hall–Kier alpha value is -1.13. The van der Waals surface area contributed by atoms with Crippen molar-refractivity contribution < 1.29 is 8.81 Å². The molecule has 1 aliphatic heterocycles. The molecule has 3 nitrogen and oxygen atoms in total. The molecule has 1 fully saturated rings. The molecule has 1 N–H and O–H groups in total. The Bertz CT molecular complexity index is 495. The van der Waals surface area contributed by atoms with Gasteiger partial charge in [-0.15, -0.1) is 0 Å². The first kappa shape index (κ1) is 10.1. The highest BCUT2D eigenvalue weighted by molar-refractivity contribution is 6.31. The molecule has 0 amide bonds. The number of nitrogens with zero attached hydrogens (tertiary/aromatic N) is 1. The normalized spacial score (nSPS) is 20.8. The second-order valence-corrected chi connectivity index (χ2v) is 4.34. The molecule has 0 bridgehead atoms. The highest BCUT2D eigenvalue weighted by Gasteiger charge is 2.22. The van der Waals surface area contributed by atoms with Crippen molar-refractivity contribution in [2.45, 2.75) is 18.9 Å². The topological polar surface area (TPSA) is 38.1 Å². The highest BCUT2D eigenvalue weighted by atomic mass is 35.5. The van der Waals surface area contributed by atoms with Gasteiger partial charge >= 0.3 is 0 Å². The summed E-state index contributed by atoms with van der Waals surface area (Å²) in [5.74, 6) is 0.144. The van der Waals surface area contributed by atoms with Crippen LogP contribution in [-0.4, -0.2) is 11.5 Å². The van der Waals surface area contributed by atoms with Gasteiger partial charge in [-0.25, -0.2) is 9.37 Å². The second-order valence-electron chi connectivity index (χ2n) is 3.94. The third-order valence-electron chi connectivity index (χ3n) is 2.81. The molecule has 1 saturated heterocycles. The predicted molar refractivity (Wildman–Crippen MR) is 59.0 cm³/mol. The number of benzene rings is 1. The van der Waals surface area contributed by atoms with Crippen molar-refractivity contribution in [3.05, 3.63) is 28.9 Å². The maximum absolute atomic E-state index is 13.2. The van der Waals surface area contributed by atoms with Crippen molar-refractivity contribution in [1.82, 2.24) is 10.3 Å². The summed E-state index contributed by atoms with van der Waals surface area (Å²) in [6, 6.07) is 2.92. The summed E-state index contributed by atoms with van der Waals surface area (Å²) >= 11 is 5.68. The number of halogens is 2. The van der Waals surface area contributed by atoms with E-state index in [2.05, 4.69) is 10.3 Å². The quantitative estimate of drug-likeness (QED) is 0.833. The van der Waals surface area contributed by atoms with E-state index >= 15 is 0 Å². The van der Waals surface area contributed by atoms with Gasteiger partial charge in [-0.3, -0.25) is 0 Å². The average molecular weight is 241 g/mol. The molecule has 0 saturated carbocycles. The van der Waals surface area contributed by atoms with E-state index in [1.54, 1.807) is 0 Å². The number of aromatic nitrogens is 1. The Kier molecular flexibility index (Phi) is 2.33. The molecule has 0 radical (unpaired) electrons. The Morgan fingerprint density at radius 2 is 2.38 bits per heavy atom.